The van der Waals surface area contributed by atoms with Crippen molar-refractivity contribution in [2.75, 3.05) is 46.4 Å². The van der Waals surface area contributed by atoms with E-state index in [0.717, 1.165) is 69.6 Å². The molecule has 0 saturated carbocycles. The summed E-state index contributed by atoms with van der Waals surface area (Å²) in [6.07, 6.45) is 2.17. The van der Waals surface area contributed by atoms with Crippen LogP contribution in [0, 0.1) is 0 Å². The third-order valence-corrected chi connectivity index (χ3v) is 4.46. The number of morpholine rings is 1. The van der Waals surface area contributed by atoms with Crippen molar-refractivity contribution in [3.63, 3.8) is 0 Å². The van der Waals surface area contributed by atoms with E-state index >= 15 is 0 Å². The SMILES string of the molecule is CCC(CC)c1cc(CNC(=NC)NCCN2CCOCC2)on1.I. The van der Waals surface area contributed by atoms with Gasteiger partial charge in [0.1, 0.15) is 0 Å². The van der Waals surface area contributed by atoms with Gasteiger partial charge in [0.2, 0.25) is 0 Å². The van der Waals surface area contributed by atoms with E-state index in [1.165, 1.54) is 0 Å². The predicted octanol–water partition coefficient (Wildman–Crippen LogP) is 2.19. The van der Waals surface area contributed by atoms with Gasteiger partial charge in [-0.2, -0.15) is 0 Å². The summed E-state index contributed by atoms with van der Waals surface area (Å²) < 4.78 is 10.8. The Balaban J connectivity index is 0.00000312. The maximum atomic E-state index is 5.43. The molecule has 2 heterocycles. The second-order valence-electron chi connectivity index (χ2n) is 6.04. The molecule has 144 valence electrons. The number of guanidine groups is 1. The Morgan fingerprint density at radius 1 is 1.28 bits per heavy atom. The highest BCUT2D eigenvalue weighted by Gasteiger charge is 2.13. The number of hydrogen-bond acceptors (Lipinski definition) is 5. The van der Waals surface area contributed by atoms with Crippen LogP contribution in [-0.4, -0.2) is 62.5 Å². The zero-order valence-electron chi connectivity index (χ0n) is 15.6. The molecule has 7 nitrogen and oxygen atoms in total. The van der Waals surface area contributed by atoms with Gasteiger partial charge in [-0.25, -0.2) is 0 Å². The van der Waals surface area contributed by atoms with Crippen LogP contribution < -0.4 is 10.6 Å². The average Bonchev–Trinajstić information content (AvgIpc) is 3.08. The Morgan fingerprint density at radius 3 is 2.64 bits per heavy atom. The molecule has 1 saturated heterocycles. The predicted molar refractivity (Wildman–Crippen MR) is 111 cm³/mol. The van der Waals surface area contributed by atoms with E-state index in [2.05, 4.69) is 39.5 Å². The molecule has 1 aliphatic rings. The van der Waals surface area contributed by atoms with E-state index in [1.807, 2.05) is 6.07 Å². The highest BCUT2D eigenvalue weighted by atomic mass is 127. The van der Waals surface area contributed by atoms with E-state index in [4.69, 9.17) is 9.26 Å². The van der Waals surface area contributed by atoms with Crippen molar-refractivity contribution in [1.82, 2.24) is 20.7 Å². The lowest BCUT2D eigenvalue weighted by Gasteiger charge is -2.26. The molecule has 2 N–H and O–H groups in total. The molecular weight excluding hydrogens is 433 g/mol. The van der Waals surface area contributed by atoms with Gasteiger partial charge in [0, 0.05) is 45.2 Å². The molecule has 0 aromatic carbocycles. The minimum Gasteiger partial charge on any atom is -0.379 e. The summed E-state index contributed by atoms with van der Waals surface area (Å²) in [6, 6.07) is 2.05. The lowest BCUT2D eigenvalue weighted by molar-refractivity contribution is 0.0389. The Bertz CT molecular complexity index is 499. The smallest absolute Gasteiger partial charge is 0.191 e. The summed E-state index contributed by atoms with van der Waals surface area (Å²) in [6.45, 7) is 10.5. The number of halogens is 1. The maximum Gasteiger partial charge on any atom is 0.191 e. The van der Waals surface area contributed by atoms with E-state index < -0.39 is 0 Å². The topological polar surface area (TPSA) is 74.9 Å². The summed E-state index contributed by atoms with van der Waals surface area (Å²) in [4.78, 5) is 6.64. The molecule has 1 fully saturated rings. The number of nitrogens with one attached hydrogen (secondary N) is 2. The second-order valence-corrected chi connectivity index (χ2v) is 6.04. The number of rotatable bonds is 8. The van der Waals surface area contributed by atoms with Crippen LogP contribution in [0.1, 0.15) is 44.1 Å². The first kappa shape index (κ1) is 22.2. The van der Waals surface area contributed by atoms with Crippen LogP contribution in [0.15, 0.2) is 15.6 Å². The number of nitrogens with zero attached hydrogens (tertiary/aromatic N) is 3. The van der Waals surface area contributed by atoms with Gasteiger partial charge >= 0.3 is 0 Å². The molecule has 0 unspecified atom stereocenters. The monoisotopic (exact) mass is 465 g/mol. The summed E-state index contributed by atoms with van der Waals surface area (Å²) in [7, 11) is 1.78. The zero-order chi connectivity index (χ0) is 17.2. The van der Waals surface area contributed by atoms with Crippen molar-refractivity contribution >= 4 is 29.9 Å². The molecule has 0 amide bonds. The van der Waals surface area contributed by atoms with Gasteiger partial charge in [-0.1, -0.05) is 19.0 Å². The highest BCUT2D eigenvalue weighted by molar-refractivity contribution is 14.0. The van der Waals surface area contributed by atoms with Gasteiger partial charge in [0.15, 0.2) is 11.7 Å². The number of ether oxygens (including phenoxy) is 1. The van der Waals surface area contributed by atoms with E-state index in [1.54, 1.807) is 7.05 Å². The van der Waals surface area contributed by atoms with E-state index in [-0.39, 0.29) is 24.0 Å². The number of aliphatic imine (C=N–C) groups is 1. The van der Waals surface area contributed by atoms with Gasteiger partial charge < -0.3 is 19.9 Å². The quantitative estimate of drug-likeness (QED) is 0.349. The van der Waals surface area contributed by atoms with Crippen LogP contribution >= 0.6 is 24.0 Å². The third kappa shape index (κ3) is 7.49. The van der Waals surface area contributed by atoms with Crippen LogP contribution in [0.3, 0.4) is 0 Å². The molecule has 0 bridgehead atoms. The Hall–Kier alpha value is -0.870. The molecule has 1 aromatic rings. The van der Waals surface area contributed by atoms with Gasteiger partial charge in [-0.05, 0) is 12.8 Å². The molecule has 0 aliphatic carbocycles. The van der Waals surface area contributed by atoms with Crippen LogP contribution in [0.25, 0.3) is 0 Å². The van der Waals surface area contributed by atoms with Crippen LogP contribution in [0.2, 0.25) is 0 Å². The fraction of sp³-hybridized carbons (Fsp3) is 0.765. The summed E-state index contributed by atoms with van der Waals surface area (Å²) >= 11 is 0. The fourth-order valence-corrected chi connectivity index (χ4v) is 2.86. The van der Waals surface area contributed by atoms with Crippen LogP contribution in [-0.2, 0) is 11.3 Å². The maximum absolute atomic E-state index is 5.43. The summed E-state index contributed by atoms with van der Waals surface area (Å²) in [5.41, 5.74) is 1.05. The Kier molecular flexibility index (Phi) is 11.1. The first-order chi connectivity index (χ1) is 11.8. The lowest BCUT2D eigenvalue weighted by Crippen LogP contribution is -2.44. The number of hydrogen-bond donors (Lipinski definition) is 2. The van der Waals surface area contributed by atoms with Crippen molar-refractivity contribution in [3.05, 3.63) is 17.5 Å². The molecule has 0 radical (unpaired) electrons. The minimum atomic E-state index is 0. The van der Waals surface area contributed by atoms with Crippen molar-refractivity contribution in [3.8, 4) is 0 Å². The van der Waals surface area contributed by atoms with Gasteiger partial charge in [0.25, 0.3) is 0 Å². The Labute approximate surface area is 168 Å². The molecule has 25 heavy (non-hydrogen) atoms. The average molecular weight is 465 g/mol. The lowest BCUT2D eigenvalue weighted by atomic mass is 9.99. The second kappa shape index (κ2) is 12.5. The van der Waals surface area contributed by atoms with Crippen molar-refractivity contribution in [1.29, 1.82) is 0 Å². The first-order valence-corrected chi connectivity index (χ1v) is 8.96. The van der Waals surface area contributed by atoms with Crippen molar-refractivity contribution in [2.24, 2.45) is 4.99 Å². The van der Waals surface area contributed by atoms with E-state index in [9.17, 15) is 0 Å². The summed E-state index contributed by atoms with van der Waals surface area (Å²) in [5, 5.41) is 10.8. The van der Waals surface area contributed by atoms with Crippen LogP contribution in [0.5, 0.6) is 0 Å². The largest absolute Gasteiger partial charge is 0.379 e. The molecule has 2 rings (SSSR count). The van der Waals surface area contributed by atoms with Crippen molar-refractivity contribution in [2.45, 2.75) is 39.2 Å². The molecular formula is C17H32IN5O2. The van der Waals surface area contributed by atoms with Gasteiger partial charge in [0.05, 0.1) is 25.5 Å². The third-order valence-electron chi connectivity index (χ3n) is 4.46. The van der Waals surface area contributed by atoms with Gasteiger partial charge in [-0.3, -0.25) is 9.89 Å². The molecule has 1 aromatic heterocycles. The zero-order valence-corrected chi connectivity index (χ0v) is 17.9. The normalized spacial score (nSPS) is 15.9. The Morgan fingerprint density at radius 2 is 2.00 bits per heavy atom. The standard InChI is InChI=1S/C17H31N5O2.HI/c1-4-14(5-2)16-12-15(24-21-16)13-20-17(18-3)19-6-7-22-8-10-23-11-9-22;/h12,14H,4-11,13H2,1-3H3,(H2,18,19,20);1H. The molecule has 1 aliphatic heterocycles. The highest BCUT2D eigenvalue weighted by Crippen LogP contribution is 2.22. The molecule has 0 spiro atoms. The summed E-state index contributed by atoms with van der Waals surface area (Å²) in [5.74, 6) is 2.10. The first-order valence-electron chi connectivity index (χ1n) is 8.96. The fourth-order valence-electron chi connectivity index (χ4n) is 2.86. The van der Waals surface area contributed by atoms with Crippen LogP contribution in [0.4, 0.5) is 0 Å². The van der Waals surface area contributed by atoms with Gasteiger partial charge in [-0.15, -0.1) is 24.0 Å². The van der Waals surface area contributed by atoms with E-state index in [0.29, 0.717) is 12.5 Å². The minimum absolute atomic E-state index is 0. The van der Waals surface area contributed by atoms with Crippen molar-refractivity contribution < 1.29 is 9.26 Å². The molecule has 0 atom stereocenters. The molecule has 8 heteroatoms. The number of aromatic nitrogens is 1.